The lowest BCUT2D eigenvalue weighted by molar-refractivity contribution is -0.662. The zero-order valence-corrected chi connectivity index (χ0v) is 23.6. The minimum absolute atomic E-state index is 0.0312. The smallest absolute Gasteiger partial charge is 0.216 e. The molecular weight excluding hydrogens is 507 g/mol. The van der Waals surface area contributed by atoms with E-state index in [4.69, 9.17) is 11.3 Å². The van der Waals surface area contributed by atoms with Gasteiger partial charge in [0.05, 0.1) is 18.6 Å². The maximum absolute atomic E-state index is 15.5. The van der Waals surface area contributed by atoms with Gasteiger partial charge in [0.2, 0.25) is 11.9 Å². The summed E-state index contributed by atoms with van der Waals surface area (Å²) in [5.41, 5.74) is 4.66. The first-order valence-corrected chi connectivity index (χ1v) is 13.4. The molecule has 0 fully saturated rings. The number of hydrogen-bond acceptors (Lipinski definition) is 2. The number of furan rings is 1. The second-order valence-electron chi connectivity index (χ2n) is 11.4. The van der Waals surface area contributed by atoms with Crippen LogP contribution >= 0.6 is 0 Å². The van der Waals surface area contributed by atoms with Crippen LogP contribution in [0.4, 0.5) is 4.39 Å². The molecule has 0 amide bonds. The summed E-state index contributed by atoms with van der Waals surface area (Å²) in [4.78, 5) is 0. The van der Waals surface area contributed by atoms with Gasteiger partial charge < -0.3 is 4.42 Å². The molecule has 0 saturated carbocycles. The van der Waals surface area contributed by atoms with Gasteiger partial charge in [0, 0.05) is 32.1 Å². The third-order valence-corrected chi connectivity index (χ3v) is 7.58. The molecule has 0 atom stereocenters. The molecule has 4 aromatic carbocycles. The van der Waals surface area contributed by atoms with Crippen molar-refractivity contribution < 1.29 is 20.2 Å². The largest absolute Gasteiger partial charge is 0.454 e. The van der Waals surface area contributed by atoms with Crippen LogP contribution in [0.1, 0.15) is 49.9 Å². The molecule has 0 spiro atoms. The van der Waals surface area contributed by atoms with Crippen molar-refractivity contribution in [2.24, 2.45) is 7.05 Å². The molecule has 0 unspecified atom stereocenters. The quantitative estimate of drug-likeness (QED) is 0.208. The van der Waals surface area contributed by atoms with Crippen LogP contribution < -0.4 is 4.57 Å². The van der Waals surface area contributed by atoms with Crippen LogP contribution in [0.3, 0.4) is 0 Å². The van der Waals surface area contributed by atoms with E-state index in [2.05, 4.69) is 6.07 Å². The van der Waals surface area contributed by atoms with Gasteiger partial charge in [-0.3, -0.25) is 0 Å². The van der Waals surface area contributed by atoms with E-state index in [1.54, 1.807) is 37.4 Å². The van der Waals surface area contributed by atoms with Crippen molar-refractivity contribution in [2.45, 2.75) is 40.0 Å². The molecule has 0 N–H and O–H groups in total. The highest BCUT2D eigenvalue weighted by atomic mass is 19.1. The van der Waals surface area contributed by atoms with Gasteiger partial charge in [-0.1, -0.05) is 81.4 Å². The van der Waals surface area contributed by atoms with Crippen LogP contribution in [-0.2, 0) is 12.5 Å². The molecule has 4 heteroatoms. The second-order valence-corrected chi connectivity index (χ2v) is 11.4. The molecule has 41 heavy (non-hydrogen) atoms. The number of benzene rings is 4. The van der Waals surface area contributed by atoms with Gasteiger partial charge in [0.15, 0.2) is 5.82 Å². The van der Waals surface area contributed by atoms with Crippen molar-refractivity contribution in [2.75, 3.05) is 0 Å². The highest BCUT2D eigenvalue weighted by molar-refractivity contribution is 6.14. The van der Waals surface area contributed by atoms with E-state index in [-0.39, 0.29) is 23.3 Å². The first-order chi connectivity index (χ1) is 21.6. The number of halogens is 1. The molecule has 202 valence electrons. The Morgan fingerprint density at radius 2 is 1.61 bits per heavy atom. The van der Waals surface area contributed by atoms with Gasteiger partial charge in [-0.25, -0.2) is 4.39 Å². The Hall–Kier alpha value is -4.75. The predicted molar refractivity (Wildman–Crippen MR) is 164 cm³/mol. The molecule has 0 aliphatic heterocycles. The Bertz CT molecular complexity index is 2240. The maximum Gasteiger partial charge on any atom is 0.216 e. The molecule has 0 saturated heterocycles. The molecule has 6 aromatic rings. The van der Waals surface area contributed by atoms with Gasteiger partial charge in [-0.05, 0) is 59.1 Å². The average molecular weight is 545 g/mol. The summed E-state index contributed by atoms with van der Waals surface area (Å²) in [6.07, 6.45) is -0.341. The molecule has 0 bridgehead atoms. The van der Waals surface area contributed by atoms with Crippen LogP contribution in [-0.4, -0.2) is 0 Å². The first-order valence-electron chi connectivity index (χ1n) is 15.9. The Kier molecular flexibility index (Phi) is 4.99. The number of aromatic nitrogens is 1. The van der Waals surface area contributed by atoms with Crippen molar-refractivity contribution in [1.29, 1.82) is 5.26 Å². The number of aryl methyl sites for hydroxylation is 2. The predicted octanol–water partition coefficient (Wildman–Crippen LogP) is 9.34. The molecule has 6 rings (SSSR count). The van der Waals surface area contributed by atoms with E-state index >= 15 is 4.39 Å². The molecule has 0 radical (unpaired) electrons. The zero-order valence-electron chi connectivity index (χ0n) is 28.6. The monoisotopic (exact) mass is 544 g/mol. The SMILES string of the molecule is [2H]c1c(C(C)(C)C)c(F)c([2H])[n+](C)c1-c1c(C)ccc2c1oc1c(-c3ccc(-c4ccccc4)c(C([2H])([2H])[2H])c3)c(C#N)ccc12. The summed E-state index contributed by atoms with van der Waals surface area (Å²) >= 11 is 0. The fourth-order valence-electron chi connectivity index (χ4n) is 5.51. The summed E-state index contributed by atoms with van der Waals surface area (Å²) < 4.78 is 66.2. The van der Waals surface area contributed by atoms with E-state index in [0.717, 1.165) is 11.1 Å². The number of pyridine rings is 1. The molecule has 3 nitrogen and oxygen atoms in total. The van der Waals surface area contributed by atoms with E-state index in [9.17, 15) is 5.26 Å². The average Bonchev–Trinajstić information content (AvgIpc) is 3.38. The van der Waals surface area contributed by atoms with Crippen molar-refractivity contribution in [3.8, 4) is 39.6 Å². The molecule has 2 heterocycles. The van der Waals surface area contributed by atoms with Crippen LogP contribution in [0, 0.1) is 30.9 Å². The molecule has 0 aliphatic carbocycles. The van der Waals surface area contributed by atoms with Crippen LogP contribution in [0.25, 0.3) is 55.4 Å². The standard InChI is InChI=1S/C37H32FN2O/c1-22-12-15-28-29-17-14-26(20-39)34(25-13-16-27(23(2)18-25)24-10-8-7-9-11-24)36(29)41-35(28)33(22)32-19-30(37(3,4)5)31(38)21-40(32)6/h7-19,21H,1-6H3/q+1/i2D3,19D,21D. The van der Waals surface area contributed by atoms with E-state index in [1.165, 1.54) is 4.57 Å². The fourth-order valence-corrected chi connectivity index (χ4v) is 5.51. The summed E-state index contributed by atoms with van der Waals surface area (Å²) in [5.74, 6) is -0.733. The second kappa shape index (κ2) is 9.71. The van der Waals surface area contributed by atoms with Crippen molar-refractivity contribution >= 4 is 21.9 Å². The van der Waals surface area contributed by atoms with Crippen molar-refractivity contribution in [3.05, 3.63) is 113 Å². The van der Waals surface area contributed by atoms with Gasteiger partial charge in [-0.2, -0.15) is 9.83 Å². The van der Waals surface area contributed by atoms with Crippen LogP contribution in [0.2, 0.25) is 0 Å². The molecule has 2 aromatic heterocycles. The summed E-state index contributed by atoms with van der Waals surface area (Å²) in [6, 6.07) is 24.0. The minimum atomic E-state index is -2.43. The third-order valence-electron chi connectivity index (χ3n) is 7.58. The van der Waals surface area contributed by atoms with E-state index < -0.39 is 18.1 Å². The topological polar surface area (TPSA) is 40.8 Å². The highest BCUT2D eigenvalue weighted by Gasteiger charge is 2.28. The number of nitrogens with zero attached hydrogens (tertiary/aromatic N) is 2. The number of hydrogen-bond donors (Lipinski definition) is 0. The van der Waals surface area contributed by atoms with Crippen molar-refractivity contribution in [1.82, 2.24) is 0 Å². The lowest BCUT2D eigenvalue weighted by Crippen LogP contribution is -2.33. The first kappa shape index (κ1) is 21.1. The normalized spacial score (nSPS) is 13.8. The van der Waals surface area contributed by atoms with Gasteiger partial charge in [-0.15, -0.1) is 0 Å². The van der Waals surface area contributed by atoms with Crippen molar-refractivity contribution in [3.63, 3.8) is 0 Å². The summed E-state index contributed by atoms with van der Waals surface area (Å²) in [6.45, 7) is 4.88. The number of fused-ring (bicyclic) bond motifs is 3. The third kappa shape index (κ3) is 4.39. The van der Waals surface area contributed by atoms with Gasteiger partial charge in [0.1, 0.15) is 19.6 Å². The Morgan fingerprint density at radius 3 is 2.29 bits per heavy atom. The summed E-state index contributed by atoms with van der Waals surface area (Å²) in [5, 5.41) is 11.6. The van der Waals surface area contributed by atoms with Crippen LogP contribution in [0.5, 0.6) is 0 Å². The lowest BCUT2D eigenvalue weighted by atomic mass is 9.86. The number of rotatable bonds is 3. The fraction of sp³-hybridized carbons (Fsp3) is 0.189. The van der Waals surface area contributed by atoms with Gasteiger partial charge >= 0.3 is 0 Å². The minimum Gasteiger partial charge on any atom is -0.454 e. The highest BCUT2D eigenvalue weighted by Crippen LogP contribution is 2.43. The maximum atomic E-state index is 15.5. The molecular formula is C37H32FN2O+. The van der Waals surface area contributed by atoms with E-state index in [1.807, 2.05) is 70.2 Å². The Balaban J connectivity index is 1.70. The Morgan fingerprint density at radius 1 is 0.902 bits per heavy atom. The zero-order chi connectivity index (χ0) is 33.3. The van der Waals surface area contributed by atoms with E-state index in [0.29, 0.717) is 55.4 Å². The van der Waals surface area contributed by atoms with Crippen LogP contribution in [0.15, 0.2) is 89.4 Å². The lowest BCUT2D eigenvalue weighted by Gasteiger charge is -2.19. The number of nitriles is 1. The summed E-state index contributed by atoms with van der Waals surface area (Å²) in [7, 11) is 1.57. The van der Waals surface area contributed by atoms with Gasteiger partial charge in [0.25, 0.3) is 0 Å². The Labute approximate surface area is 247 Å². The molecule has 0 aliphatic rings.